The van der Waals surface area contributed by atoms with E-state index < -0.39 is 52.9 Å². The van der Waals surface area contributed by atoms with Gasteiger partial charge in [-0.2, -0.15) is 26.3 Å². The van der Waals surface area contributed by atoms with Gasteiger partial charge in [-0.15, -0.1) is 0 Å². The second-order valence-corrected chi connectivity index (χ2v) is 6.12. The van der Waals surface area contributed by atoms with E-state index in [4.69, 9.17) is 5.11 Å². The molecule has 2 N–H and O–H groups in total. The molecular formula is C16H15F6NO3. The highest BCUT2D eigenvalue weighted by molar-refractivity contribution is 5.95. The van der Waals surface area contributed by atoms with E-state index in [-0.39, 0.29) is 18.9 Å². The topological polar surface area (TPSA) is 66.4 Å². The average molecular weight is 383 g/mol. The van der Waals surface area contributed by atoms with Gasteiger partial charge in [0.15, 0.2) is 0 Å². The quantitative estimate of drug-likeness (QED) is 0.753. The number of amides is 1. The highest BCUT2D eigenvalue weighted by atomic mass is 19.4. The number of carboxylic acid groups (broad SMARTS) is 1. The lowest BCUT2D eigenvalue weighted by Gasteiger charge is -2.27. The van der Waals surface area contributed by atoms with Crippen LogP contribution in [0.25, 0.3) is 0 Å². The Morgan fingerprint density at radius 1 is 0.885 bits per heavy atom. The maximum Gasteiger partial charge on any atom is 0.416 e. The van der Waals surface area contributed by atoms with Crippen LogP contribution in [0.15, 0.2) is 18.2 Å². The minimum atomic E-state index is -5.03. The van der Waals surface area contributed by atoms with Gasteiger partial charge >= 0.3 is 18.3 Å². The zero-order chi connectivity index (χ0) is 19.7. The predicted octanol–water partition coefficient (Wildman–Crippen LogP) is 4.55. The van der Waals surface area contributed by atoms with Gasteiger partial charge in [-0.25, -0.2) is 0 Å². The molecule has 0 unspecified atom stereocenters. The molecule has 144 valence electrons. The molecule has 0 aliphatic heterocycles. The number of anilines is 1. The van der Waals surface area contributed by atoms with Crippen LogP contribution in [0.3, 0.4) is 0 Å². The monoisotopic (exact) mass is 383 g/mol. The first kappa shape index (κ1) is 20.1. The number of halogens is 6. The lowest BCUT2D eigenvalue weighted by atomic mass is 9.78. The van der Waals surface area contributed by atoms with Crippen LogP contribution >= 0.6 is 0 Å². The third-order valence-electron chi connectivity index (χ3n) is 4.28. The van der Waals surface area contributed by atoms with Gasteiger partial charge in [0.05, 0.1) is 23.0 Å². The summed E-state index contributed by atoms with van der Waals surface area (Å²) in [6.07, 6.45) is -8.50. The van der Waals surface area contributed by atoms with Gasteiger partial charge in [-0.05, 0) is 31.0 Å². The van der Waals surface area contributed by atoms with Gasteiger partial charge in [0.2, 0.25) is 5.91 Å². The van der Waals surface area contributed by atoms with Gasteiger partial charge in [0, 0.05) is 5.69 Å². The number of rotatable bonds is 3. The molecule has 0 spiro atoms. The molecule has 0 aromatic heterocycles. The Hall–Kier alpha value is -2.26. The molecule has 0 bridgehead atoms. The third kappa shape index (κ3) is 4.67. The molecule has 0 saturated heterocycles. The molecule has 1 amide bonds. The molecule has 0 radical (unpaired) electrons. The van der Waals surface area contributed by atoms with Gasteiger partial charge in [0.1, 0.15) is 0 Å². The molecule has 2 rings (SSSR count). The number of carbonyl (C=O) groups is 2. The van der Waals surface area contributed by atoms with Crippen molar-refractivity contribution in [2.45, 2.75) is 38.0 Å². The van der Waals surface area contributed by atoms with Crippen LogP contribution in [-0.2, 0) is 21.9 Å². The van der Waals surface area contributed by atoms with E-state index in [2.05, 4.69) is 0 Å². The highest BCUT2D eigenvalue weighted by Gasteiger charge is 2.38. The number of hydrogen-bond donors (Lipinski definition) is 2. The fourth-order valence-corrected chi connectivity index (χ4v) is 3.00. The Morgan fingerprint density at radius 3 is 1.77 bits per heavy atom. The van der Waals surface area contributed by atoms with Crippen LogP contribution in [0.5, 0.6) is 0 Å². The Balaban J connectivity index is 2.32. The first-order chi connectivity index (χ1) is 11.9. The van der Waals surface area contributed by atoms with Crippen LogP contribution < -0.4 is 5.32 Å². The lowest BCUT2D eigenvalue weighted by molar-refractivity contribution is -0.147. The van der Waals surface area contributed by atoms with Crippen molar-refractivity contribution in [2.75, 3.05) is 5.32 Å². The van der Waals surface area contributed by atoms with E-state index >= 15 is 0 Å². The Bertz CT molecular complexity index is 666. The Kier molecular flexibility index (Phi) is 5.52. The summed E-state index contributed by atoms with van der Waals surface area (Å²) in [4.78, 5) is 23.5. The van der Waals surface area contributed by atoms with Crippen molar-refractivity contribution in [3.8, 4) is 0 Å². The standard InChI is InChI=1S/C16H15F6NO3/c17-15(18,19)8-5-9(16(20,21)22)7-10(6-8)23-13(24)11-3-1-2-4-12(11)14(25)26/h5-7,11-12H,1-4H2,(H,23,24)(H,25,26)/t11-,12-/m0/s1. The number of benzene rings is 1. The predicted molar refractivity (Wildman–Crippen MR) is 78.2 cm³/mol. The van der Waals surface area contributed by atoms with Gasteiger partial charge < -0.3 is 10.4 Å². The normalized spacial score (nSPS) is 21.3. The van der Waals surface area contributed by atoms with Crippen LogP contribution in [0.1, 0.15) is 36.8 Å². The SMILES string of the molecule is O=C(O)[C@H]1CCCC[C@@H]1C(=O)Nc1cc(C(F)(F)F)cc(C(F)(F)F)c1. The first-order valence-electron chi connectivity index (χ1n) is 7.72. The van der Waals surface area contributed by atoms with E-state index in [1.54, 1.807) is 0 Å². The van der Waals surface area contributed by atoms with Crippen LogP contribution in [0, 0.1) is 11.8 Å². The minimum absolute atomic E-state index is 0.0453. The molecule has 1 saturated carbocycles. The summed E-state index contributed by atoms with van der Waals surface area (Å²) >= 11 is 0. The third-order valence-corrected chi connectivity index (χ3v) is 4.28. The van der Waals surface area contributed by atoms with Crippen LogP contribution in [0.4, 0.5) is 32.0 Å². The summed E-state index contributed by atoms with van der Waals surface area (Å²) < 4.78 is 77.0. The molecule has 1 aliphatic carbocycles. The molecule has 1 fully saturated rings. The molecule has 4 nitrogen and oxygen atoms in total. The van der Waals surface area contributed by atoms with E-state index in [0.29, 0.717) is 25.0 Å². The second kappa shape index (κ2) is 7.16. The number of carboxylic acids is 1. The fraction of sp³-hybridized carbons (Fsp3) is 0.500. The molecule has 1 aliphatic rings. The summed E-state index contributed by atoms with van der Waals surface area (Å²) in [7, 11) is 0. The summed E-state index contributed by atoms with van der Waals surface area (Å²) in [5.41, 5.74) is -3.78. The van der Waals surface area contributed by atoms with E-state index in [0.717, 1.165) is 0 Å². The van der Waals surface area contributed by atoms with E-state index in [1.807, 2.05) is 5.32 Å². The van der Waals surface area contributed by atoms with Gasteiger partial charge in [-0.3, -0.25) is 9.59 Å². The highest BCUT2D eigenvalue weighted by Crippen LogP contribution is 2.38. The molecule has 1 aromatic carbocycles. The van der Waals surface area contributed by atoms with Gasteiger partial charge in [-0.1, -0.05) is 12.8 Å². The van der Waals surface area contributed by atoms with Crippen LogP contribution in [0.2, 0.25) is 0 Å². The zero-order valence-electron chi connectivity index (χ0n) is 13.2. The largest absolute Gasteiger partial charge is 0.481 e. The van der Waals surface area contributed by atoms with Crippen LogP contribution in [-0.4, -0.2) is 17.0 Å². The molecule has 10 heteroatoms. The number of nitrogens with one attached hydrogen (secondary N) is 1. The van der Waals surface area contributed by atoms with Crippen molar-refractivity contribution in [3.63, 3.8) is 0 Å². The molecular weight excluding hydrogens is 368 g/mol. The smallest absolute Gasteiger partial charge is 0.416 e. The molecule has 26 heavy (non-hydrogen) atoms. The average Bonchev–Trinajstić information content (AvgIpc) is 2.52. The molecule has 2 atom stereocenters. The zero-order valence-corrected chi connectivity index (χ0v) is 13.2. The van der Waals surface area contributed by atoms with E-state index in [9.17, 15) is 35.9 Å². The number of carbonyl (C=O) groups excluding carboxylic acids is 1. The Morgan fingerprint density at radius 2 is 1.35 bits per heavy atom. The number of aliphatic carboxylic acids is 1. The summed E-state index contributed by atoms with van der Waals surface area (Å²) in [6.45, 7) is 0. The lowest BCUT2D eigenvalue weighted by Crippen LogP contribution is -2.36. The summed E-state index contributed by atoms with van der Waals surface area (Å²) in [5.74, 6) is -4.14. The first-order valence-corrected chi connectivity index (χ1v) is 7.72. The van der Waals surface area contributed by atoms with E-state index in [1.165, 1.54) is 0 Å². The maximum absolute atomic E-state index is 12.8. The van der Waals surface area contributed by atoms with Crippen molar-refractivity contribution in [2.24, 2.45) is 11.8 Å². The van der Waals surface area contributed by atoms with Gasteiger partial charge in [0.25, 0.3) is 0 Å². The van der Waals surface area contributed by atoms with Crippen molar-refractivity contribution < 1.29 is 41.0 Å². The van der Waals surface area contributed by atoms with Crippen molar-refractivity contribution in [3.05, 3.63) is 29.3 Å². The summed E-state index contributed by atoms with van der Waals surface area (Å²) in [5, 5.41) is 11.2. The molecule has 1 aromatic rings. The maximum atomic E-state index is 12.8. The molecule has 0 heterocycles. The minimum Gasteiger partial charge on any atom is -0.481 e. The fourth-order valence-electron chi connectivity index (χ4n) is 3.00. The number of hydrogen-bond acceptors (Lipinski definition) is 2. The Labute approximate surface area is 144 Å². The summed E-state index contributed by atoms with van der Waals surface area (Å²) in [6, 6.07) is 0.744. The van der Waals surface area contributed by atoms with Crippen molar-refractivity contribution >= 4 is 17.6 Å². The number of alkyl halides is 6. The van der Waals surface area contributed by atoms with Crippen molar-refractivity contribution in [1.29, 1.82) is 0 Å². The van der Waals surface area contributed by atoms with Crippen molar-refractivity contribution in [1.82, 2.24) is 0 Å². The second-order valence-electron chi connectivity index (χ2n) is 6.12.